The van der Waals surface area contributed by atoms with Gasteiger partial charge in [0.25, 0.3) is 0 Å². The van der Waals surface area contributed by atoms with Crippen LogP contribution in [0.5, 0.6) is 0 Å². The van der Waals surface area contributed by atoms with Crippen molar-refractivity contribution in [3.63, 3.8) is 0 Å². The molecule has 3 heterocycles. The summed E-state index contributed by atoms with van der Waals surface area (Å²) in [7, 11) is 0. The van der Waals surface area contributed by atoms with Crippen molar-refractivity contribution in [1.82, 2.24) is 9.88 Å². The predicted octanol–water partition coefficient (Wildman–Crippen LogP) is 4.13. The Kier molecular flexibility index (Phi) is 5.09. The van der Waals surface area contributed by atoms with Crippen molar-refractivity contribution in [2.24, 2.45) is 0 Å². The van der Waals surface area contributed by atoms with Crippen molar-refractivity contribution in [1.29, 1.82) is 0 Å². The average molecular weight is 340 g/mol. The number of benzene rings is 1. The molecule has 4 rings (SSSR count). The Bertz CT molecular complexity index is 715. The van der Waals surface area contributed by atoms with Gasteiger partial charge in [0.2, 0.25) is 0 Å². The minimum atomic E-state index is -0.185. The largest absolute Gasteiger partial charge is 0.381 e. The van der Waals surface area contributed by atoms with Crippen LogP contribution in [-0.2, 0) is 11.2 Å². The first-order valence-corrected chi connectivity index (χ1v) is 9.33. The molecule has 2 aromatic rings. The lowest BCUT2D eigenvalue weighted by atomic mass is 10.0. The number of hydrogen-bond donors (Lipinski definition) is 0. The minimum absolute atomic E-state index is 0.185. The number of pyridine rings is 1. The molecule has 2 saturated heterocycles. The molecule has 1 unspecified atom stereocenters. The van der Waals surface area contributed by atoms with Crippen molar-refractivity contribution < 1.29 is 9.13 Å². The van der Waals surface area contributed by atoms with Gasteiger partial charge in [-0.25, -0.2) is 4.39 Å². The molecule has 0 amide bonds. The smallest absolute Gasteiger partial charge is 0.123 e. The number of halogens is 1. The third-order valence-electron chi connectivity index (χ3n) is 5.40. The first-order chi connectivity index (χ1) is 12.3. The van der Waals surface area contributed by atoms with E-state index in [1.54, 1.807) is 12.1 Å². The Hall–Kier alpha value is -1.78. The lowest BCUT2D eigenvalue weighted by Crippen LogP contribution is -2.39. The van der Waals surface area contributed by atoms with E-state index in [1.807, 2.05) is 12.1 Å². The zero-order chi connectivity index (χ0) is 17.1. The maximum Gasteiger partial charge on any atom is 0.123 e. The van der Waals surface area contributed by atoms with E-state index in [0.29, 0.717) is 18.5 Å². The molecule has 1 atom stereocenters. The quantitative estimate of drug-likeness (QED) is 0.837. The number of hydrogen-bond acceptors (Lipinski definition) is 3. The SMILES string of the molecule is Fc1cccc(Cc2cccc(C3CCCN3C3CCOCC3)n2)c1. The molecule has 0 saturated carbocycles. The minimum Gasteiger partial charge on any atom is -0.381 e. The highest BCUT2D eigenvalue weighted by Crippen LogP contribution is 2.35. The molecule has 2 aliphatic rings. The van der Waals surface area contributed by atoms with Crippen LogP contribution in [0.4, 0.5) is 4.39 Å². The van der Waals surface area contributed by atoms with Gasteiger partial charge in [0.15, 0.2) is 0 Å². The fraction of sp³-hybridized carbons (Fsp3) is 0.476. The standard InChI is InChI=1S/C21H25FN2O/c22-17-5-1-4-16(14-17)15-18-6-2-7-20(23-18)21-8-3-11-24(21)19-9-12-25-13-10-19/h1-2,4-7,14,19,21H,3,8-13,15H2. The maximum atomic E-state index is 13.4. The topological polar surface area (TPSA) is 25.4 Å². The molecule has 4 heteroatoms. The van der Waals surface area contributed by atoms with Gasteiger partial charge in [0, 0.05) is 31.4 Å². The molecule has 1 aromatic carbocycles. The second-order valence-electron chi connectivity index (χ2n) is 7.10. The van der Waals surface area contributed by atoms with Gasteiger partial charge < -0.3 is 4.74 Å². The van der Waals surface area contributed by atoms with Crippen molar-refractivity contribution in [2.45, 2.75) is 44.2 Å². The molecule has 0 aliphatic carbocycles. The molecule has 1 aromatic heterocycles. The number of rotatable bonds is 4. The normalized spacial score (nSPS) is 22.4. The van der Waals surface area contributed by atoms with Crippen molar-refractivity contribution in [3.8, 4) is 0 Å². The highest BCUT2D eigenvalue weighted by Gasteiger charge is 2.33. The summed E-state index contributed by atoms with van der Waals surface area (Å²) in [6.45, 7) is 2.91. The van der Waals surface area contributed by atoms with E-state index in [9.17, 15) is 4.39 Å². The van der Waals surface area contributed by atoms with E-state index in [-0.39, 0.29) is 5.82 Å². The third-order valence-corrected chi connectivity index (χ3v) is 5.40. The van der Waals surface area contributed by atoms with E-state index >= 15 is 0 Å². The summed E-state index contributed by atoms with van der Waals surface area (Å²) in [6, 6.07) is 14.1. The summed E-state index contributed by atoms with van der Waals surface area (Å²) >= 11 is 0. The molecule has 2 fully saturated rings. The lowest BCUT2D eigenvalue weighted by Gasteiger charge is -2.35. The molecular weight excluding hydrogens is 315 g/mol. The molecular formula is C21H25FN2O. The summed E-state index contributed by atoms with van der Waals surface area (Å²) in [5, 5.41) is 0. The molecule has 0 spiro atoms. The summed E-state index contributed by atoms with van der Waals surface area (Å²) < 4.78 is 18.9. The monoisotopic (exact) mass is 340 g/mol. The number of likely N-dealkylation sites (tertiary alicyclic amines) is 1. The van der Waals surface area contributed by atoms with Crippen LogP contribution in [-0.4, -0.2) is 35.7 Å². The van der Waals surface area contributed by atoms with Gasteiger partial charge in [-0.3, -0.25) is 9.88 Å². The molecule has 3 nitrogen and oxygen atoms in total. The molecule has 132 valence electrons. The van der Waals surface area contributed by atoms with E-state index in [1.165, 1.54) is 18.9 Å². The fourth-order valence-electron chi connectivity index (χ4n) is 4.20. The van der Waals surface area contributed by atoms with Crippen molar-refractivity contribution in [2.75, 3.05) is 19.8 Å². The van der Waals surface area contributed by atoms with Crippen LogP contribution >= 0.6 is 0 Å². The third kappa shape index (κ3) is 3.91. The Morgan fingerprint density at radius 1 is 1.08 bits per heavy atom. The first kappa shape index (κ1) is 16.7. The number of ether oxygens (including phenoxy) is 1. The Balaban J connectivity index is 1.52. The summed E-state index contributed by atoms with van der Waals surface area (Å²) in [5.74, 6) is -0.185. The van der Waals surface area contributed by atoms with Gasteiger partial charge >= 0.3 is 0 Å². The van der Waals surface area contributed by atoms with Gasteiger partial charge in [-0.05, 0) is 62.1 Å². The van der Waals surface area contributed by atoms with Crippen molar-refractivity contribution >= 4 is 0 Å². The first-order valence-electron chi connectivity index (χ1n) is 9.33. The van der Waals surface area contributed by atoms with Crippen LogP contribution < -0.4 is 0 Å². The second-order valence-corrected chi connectivity index (χ2v) is 7.10. The van der Waals surface area contributed by atoms with Crippen LogP contribution in [0.2, 0.25) is 0 Å². The highest BCUT2D eigenvalue weighted by atomic mass is 19.1. The van der Waals surface area contributed by atoms with Crippen LogP contribution in [0, 0.1) is 5.82 Å². The van der Waals surface area contributed by atoms with Gasteiger partial charge in [-0.15, -0.1) is 0 Å². The Morgan fingerprint density at radius 3 is 2.76 bits per heavy atom. The van der Waals surface area contributed by atoms with Crippen LogP contribution in [0.1, 0.15) is 48.7 Å². The molecule has 0 radical (unpaired) electrons. The Morgan fingerprint density at radius 2 is 1.92 bits per heavy atom. The predicted molar refractivity (Wildman–Crippen MR) is 96.0 cm³/mol. The summed E-state index contributed by atoms with van der Waals surface area (Å²) in [4.78, 5) is 7.57. The van der Waals surface area contributed by atoms with Gasteiger partial charge in [-0.1, -0.05) is 18.2 Å². The van der Waals surface area contributed by atoms with E-state index in [4.69, 9.17) is 9.72 Å². The van der Waals surface area contributed by atoms with E-state index in [0.717, 1.165) is 49.6 Å². The second kappa shape index (κ2) is 7.63. The fourth-order valence-corrected chi connectivity index (χ4v) is 4.20. The van der Waals surface area contributed by atoms with E-state index < -0.39 is 0 Å². The molecule has 2 aliphatic heterocycles. The van der Waals surface area contributed by atoms with E-state index in [2.05, 4.69) is 17.0 Å². The number of nitrogens with zero attached hydrogens (tertiary/aromatic N) is 2. The molecule has 0 bridgehead atoms. The van der Waals surface area contributed by atoms with Gasteiger partial charge in [0.05, 0.1) is 11.7 Å². The van der Waals surface area contributed by atoms with Gasteiger partial charge in [0.1, 0.15) is 5.82 Å². The van der Waals surface area contributed by atoms with Crippen LogP contribution in [0.3, 0.4) is 0 Å². The lowest BCUT2D eigenvalue weighted by molar-refractivity contribution is 0.0285. The summed E-state index contributed by atoms with van der Waals surface area (Å²) in [5.41, 5.74) is 3.15. The Labute approximate surface area is 148 Å². The highest BCUT2D eigenvalue weighted by molar-refractivity contribution is 5.24. The van der Waals surface area contributed by atoms with Crippen LogP contribution in [0.15, 0.2) is 42.5 Å². The zero-order valence-electron chi connectivity index (χ0n) is 14.5. The van der Waals surface area contributed by atoms with Crippen molar-refractivity contribution in [3.05, 3.63) is 65.2 Å². The van der Waals surface area contributed by atoms with Crippen LogP contribution in [0.25, 0.3) is 0 Å². The van der Waals surface area contributed by atoms with Gasteiger partial charge in [-0.2, -0.15) is 0 Å². The molecule has 25 heavy (non-hydrogen) atoms. The zero-order valence-corrected chi connectivity index (χ0v) is 14.5. The maximum absolute atomic E-state index is 13.4. The summed E-state index contributed by atoms with van der Waals surface area (Å²) in [6.07, 6.45) is 5.33. The molecule has 0 N–H and O–H groups in total. The average Bonchev–Trinajstić information content (AvgIpc) is 3.13. The number of aromatic nitrogens is 1.